The van der Waals surface area contributed by atoms with E-state index in [4.69, 9.17) is 9.52 Å². The van der Waals surface area contributed by atoms with Crippen molar-refractivity contribution in [3.05, 3.63) is 17.9 Å². The smallest absolute Gasteiger partial charge is 0.406 e. The maximum Gasteiger partial charge on any atom is 0.406 e. The Bertz CT molecular complexity index is 773. The third kappa shape index (κ3) is 4.12. The number of carbonyl (C=O) groups is 2. The van der Waals surface area contributed by atoms with Gasteiger partial charge in [-0.2, -0.15) is 17.5 Å². The quantitative estimate of drug-likeness (QED) is 0.816. The van der Waals surface area contributed by atoms with Gasteiger partial charge in [-0.1, -0.05) is 0 Å². The molecule has 0 bridgehead atoms. The minimum absolute atomic E-state index is 0.0623. The van der Waals surface area contributed by atoms with Crippen LogP contribution in [-0.2, 0) is 14.8 Å². The Labute approximate surface area is 140 Å². The summed E-state index contributed by atoms with van der Waals surface area (Å²) in [5.41, 5.74) is 0. The van der Waals surface area contributed by atoms with E-state index in [-0.39, 0.29) is 19.4 Å². The SMILES string of the molecule is CN(CC(F)(F)F)C(=O)C1CCCN1S(=O)(=O)c1ccc(C(=O)O)o1. The van der Waals surface area contributed by atoms with Crippen molar-refractivity contribution in [2.45, 2.75) is 30.2 Å². The first-order valence-corrected chi connectivity index (χ1v) is 8.54. The Morgan fingerprint density at radius 3 is 2.56 bits per heavy atom. The molecule has 2 rings (SSSR count). The van der Waals surface area contributed by atoms with Crippen molar-refractivity contribution in [3.63, 3.8) is 0 Å². The van der Waals surface area contributed by atoms with Gasteiger partial charge in [-0.25, -0.2) is 13.2 Å². The first kappa shape index (κ1) is 19.2. The monoisotopic (exact) mass is 384 g/mol. The molecule has 1 N–H and O–H groups in total. The molecule has 1 atom stereocenters. The van der Waals surface area contributed by atoms with E-state index in [0.29, 0.717) is 4.90 Å². The third-order valence-electron chi connectivity index (χ3n) is 3.64. The maximum atomic E-state index is 12.5. The van der Waals surface area contributed by atoms with Crippen LogP contribution in [0, 0.1) is 0 Å². The van der Waals surface area contributed by atoms with Crippen molar-refractivity contribution in [3.8, 4) is 0 Å². The molecule has 1 amide bonds. The van der Waals surface area contributed by atoms with Crippen LogP contribution in [0.2, 0.25) is 0 Å². The summed E-state index contributed by atoms with van der Waals surface area (Å²) in [5.74, 6) is -3.06. The molecule has 0 radical (unpaired) electrons. The molecule has 2 heterocycles. The lowest BCUT2D eigenvalue weighted by Crippen LogP contribution is -2.48. The minimum atomic E-state index is -4.61. The zero-order valence-electron chi connectivity index (χ0n) is 13.0. The van der Waals surface area contributed by atoms with Crippen LogP contribution in [-0.4, -0.2) is 67.0 Å². The van der Waals surface area contributed by atoms with Crippen molar-refractivity contribution >= 4 is 21.9 Å². The average molecular weight is 384 g/mol. The topological polar surface area (TPSA) is 108 Å². The fourth-order valence-corrected chi connectivity index (χ4v) is 4.13. The van der Waals surface area contributed by atoms with Gasteiger partial charge in [0.2, 0.25) is 16.8 Å². The molecular weight excluding hydrogens is 369 g/mol. The molecule has 0 aliphatic carbocycles. The summed E-state index contributed by atoms with van der Waals surface area (Å²) in [6.07, 6.45) is -4.27. The number of carbonyl (C=O) groups excluding carboxylic acids is 1. The van der Waals surface area contributed by atoms with Crippen LogP contribution in [0.4, 0.5) is 13.2 Å². The van der Waals surface area contributed by atoms with Crippen LogP contribution in [0.3, 0.4) is 0 Å². The van der Waals surface area contributed by atoms with Gasteiger partial charge in [0.25, 0.3) is 10.0 Å². The molecular formula is C13H15F3N2O6S. The highest BCUT2D eigenvalue weighted by atomic mass is 32.2. The molecule has 1 aliphatic rings. The van der Waals surface area contributed by atoms with Crippen molar-refractivity contribution in [2.24, 2.45) is 0 Å². The van der Waals surface area contributed by atoms with Crippen molar-refractivity contribution in [1.82, 2.24) is 9.21 Å². The van der Waals surface area contributed by atoms with E-state index in [1.807, 2.05) is 0 Å². The number of aromatic carboxylic acids is 1. The summed E-state index contributed by atoms with van der Waals surface area (Å²) in [7, 11) is -3.41. The molecule has 25 heavy (non-hydrogen) atoms. The molecule has 1 fully saturated rings. The van der Waals surface area contributed by atoms with Gasteiger partial charge >= 0.3 is 12.1 Å². The molecule has 0 saturated carbocycles. The third-order valence-corrected chi connectivity index (χ3v) is 5.42. The van der Waals surface area contributed by atoms with Gasteiger partial charge in [0, 0.05) is 13.6 Å². The van der Waals surface area contributed by atoms with E-state index in [1.54, 1.807) is 0 Å². The van der Waals surface area contributed by atoms with E-state index in [2.05, 4.69) is 0 Å². The number of furan rings is 1. The molecule has 1 aliphatic heterocycles. The number of hydrogen-bond donors (Lipinski definition) is 1. The Hall–Kier alpha value is -2.08. The summed E-state index contributed by atoms with van der Waals surface area (Å²) < 4.78 is 67.9. The molecule has 140 valence electrons. The lowest BCUT2D eigenvalue weighted by molar-refractivity contribution is -0.160. The fourth-order valence-electron chi connectivity index (χ4n) is 2.57. The normalized spacial score (nSPS) is 19.1. The number of amides is 1. The summed E-state index contributed by atoms with van der Waals surface area (Å²) >= 11 is 0. The van der Waals surface area contributed by atoms with Crippen molar-refractivity contribution < 1.29 is 40.7 Å². The Morgan fingerprint density at radius 2 is 2.04 bits per heavy atom. The zero-order chi connectivity index (χ0) is 19.0. The highest BCUT2D eigenvalue weighted by Crippen LogP contribution is 2.29. The number of carboxylic acid groups (broad SMARTS) is 1. The van der Waals surface area contributed by atoms with Crippen LogP contribution in [0.15, 0.2) is 21.6 Å². The number of sulfonamides is 1. The van der Waals surface area contributed by atoms with E-state index in [0.717, 1.165) is 23.5 Å². The van der Waals surface area contributed by atoms with E-state index < -0.39 is 51.5 Å². The van der Waals surface area contributed by atoms with E-state index in [1.165, 1.54) is 0 Å². The lowest BCUT2D eigenvalue weighted by atomic mass is 10.2. The second-order valence-corrected chi connectivity index (χ2v) is 7.33. The molecule has 1 aromatic rings. The van der Waals surface area contributed by atoms with Crippen molar-refractivity contribution in [1.29, 1.82) is 0 Å². The van der Waals surface area contributed by atoms with Crippen molar-refractivity contribution in [2.75, 3.05) is 20.1 Å². The van der Waals surface area contributed by atoms with E-state index in [9.17, 15) is 31.2 Å². The number of alkyl halides is 3. The predicted molar refractivity (Wildman–Crippen MR) is 76.3 cm³/mol. The first-order chi connectivity index (χ1) is 11.4. The van der Waals surface area contributed by atoms with Crippen LogP contribution < -0.4 is 0 Å². The maximum absolute atomic E-state index is 12.5. The number of nitrogens with zero attached hydrogens (tertiary/aromatic N) is 2. The van der Waals surface area contributed by atoms with Gasteiger partial charge in [0.05, 0.1) is 0 Å². The minimum Gasteiger partial charge on any atom is -0.475 e. The van der Waals surface area contributed by atoms with E-state index >= 15 is 0 Å². The second-order valence-electron chi connectivity index (χ2n) is 5.51. The van der Waals surface area contributed by atoms with Gasteiger partial charge in [0.15, 0.2) is 0 Å². The fraction of sp³-hybridized carbons (Fsp3) is 0.538. The number of halogens is 3. The summed E-state index contributed by atoms with van der Waals surface area (Å²) in [6, 6.07) is 0.575. The zero-order valence-corrected chi connectivity index (χ0v) is 13.8. The van der Waals surface area contributed by atoms with Crippen LogP contribution >= 0.6 is 0 Å². The Kier molecular flexibility index (Phi) is 5.14. The number of likely N-dealkylation sites (N-methyl/N-ethyl adjacent to an activating group) is 1. The predicted octanol–water partition coefficient (Wildman–Crippen LogP) is 1.15. The largest absolute Gasteiger partial charge is 0.475 e. The molecule has 8 nitrogen and oxygen atoms in total. The molecule has 1 saturated heterocycles. The van der Waals surface area contributed by atoms with Gasteiger partial charge in [-0.3, -0.25) is 4.79 Å². The second kappa shape index (κ2) is 6.67. The molecule has 1 aromatic heterocycles. The number of hydrogen-bond acceptors (Lipinski definition) is 5. The van der Waals surface area contributed by atoms with Crippen LogP contribution in [0.25, 0.3) is 0 Å². The summed E-state index contributed by atoms with van der Waals surface area (Å²) in [6.45, 7) is -1.58. The van der Waals surface area contributed by atoms with Gasteiger partial charge < -0.3 is 14.4 Å². The standard InChI is InChI=1S/C13H15F3N2O6S/c1-17(7-13(14,15)16)11(19)8-3-2-6-18(8)25(22,23)10-5-4-9(24-10)12(20)21/h4-5,8H,2-3,6-7H2,1H3,(H,20,21). The van der Waals surface area contributed by atoms with Gasteiger partial charge in [-0.15, -0.1) is 0 Å². The van der Waals surface area contributed by atoms with Gasteiger partial charge in [-0.05, 0) is 25.0 Å². The molecule has 0 aromatic carbocycles. The van der Waals surface area contributed by atoms with Crippen LogP contribution in [0.1, 0.15) is 23.4 Å². The Balaban J connectivity index is 2.24. The molecule has 1 unspecified atom stereocenters. The number of carboxylic acids is 1. The number of rotatable bonds is 5. The highest BCUT2D eigenvalue weighted by molar-refractivity contribution is 7.89. The highest BCUT2D eigenvalue weighted by Gasteiger charge is 2.43. The average Bonchev–Trinajstić information content (AvgIpc) is 3.14. The molecule has 12 heteroatoms. The summed E-state index contributed by atoms with van der Waals surface area (Å²) in [4.78, 5) is 23.4. The summed E-state index contributed by atoms with van der Waals surface area (Å²) in [5, 5.41) is 8.10. The lowest BCUT2D eigenvalue weighted by Gasteiger charge is -2.27. The Morgan fingerprint density at radius 1 is 1.40 bits per heavy atom. The van der Waals surface area contributed by atoms with Crippen LogP contribution in [0.5, 0.6) is 0 Å². The van der Waals surface area contributed by atoms with Gasteiger partial charge in [0.1, 0.15) is 12.6 Å². The molecule has 0 spiro atoms. The first-order valence-electron chi connectivity index (χ1n) is 7.10.